The Bertz CT molecular complexity index is 918. The number of hydrogen-bond acceptors (Lipinski definition) is 5. The number of amides is 2. The molecule has 7 heteroatoms. The van der Waals surface area contributed by atoms with Crippen LogP contribution in [0.3, 0.4) is 0 Å². The molecular formula is C24H33N3O3S. The minimum atomic E-state index is -0.578. The summed E-state index contributed by atoms with van der Waals surface area (Å²) in [5, 5.41) is 15.2. The average molecular weight is 444 g/mol. The second kappa shape index (κ2) is 8.22. The van der Waals surface area contributed by atoms with E-state index in [0.717, 1.165) is 37.8 Å². The number of nitrogens with one attached hydrogen (secondary N) is 1. The first-order chi connectivity index (χ1) is 14.7. The zero-order chi connectivity index (χ0) is 22.5. The summed E-state index contributed by atoms with van der Waals surface area (Å²) in [4.78, 5) is 32.6. The van der Waals surface area contributed by atoms with E-state index >= 15 is 0 Å². The molecular weight excluding hydrogens is 410 g/mol. The van der Waals surface area contributed by atoms with Crippen LogP contribution in [-0.2, 0) is 16.0 Å². The van der Waals surface area contributed by atoms with E-state index in [2.05, 4.69) is 25.1 Å². The number of rotatable bonds is 5. The molecule has 2 fully saturated rings. The fourth-order valence-electron chi connectivity index (χ4n) is 5.90. The molecule has 0 radical (unpaired) electrons. The molecule has 2 N–H and O–H groups in total. The van der Waals surface area contributed by atoms with Crippen LogP contribution in [0.2, 0.25) is 0 Å². The molecule has 1 aromatic rings. The van der Waals surface area contributed by atoms with Crippen molar-refractivity contribution in [1.82, 2.24) is 9.88 Å². The predicted molar refractivity (Wildman–Crippen MR) is 122 cm³/mol. The third-order valence-corrected chi connectivity index (χ3v) is 8.82. The Kier molecular flexibility index (Phi) is 5.91. The molecule has 1 heterocycles. The van der Waals surface area contributed by atoms with Gasteiger partial charge in [0, 0.05) is 29.7 Å². The summed E-state index contributed by atoms with van der Waals surface area (Å²) in [6, 6.07) is 0. The Morgan fingerprint density at radius 3 is 2.77 bits per heavy atom. The van der Waals surface area contributed by atoms with Crippen molar-refractivity contribution in [2.45, 2.75) is 64.9 Å². The van der Waals surface area contributed by atoms with E-state index in [1.807, 2.05) is 6.92 Å². The molecule has 3 aliphatic carbocycles. The van der Waals surface area contributed by atoms with Crippen LogP contribution in [0.5, 0.6) is 0 Å². The maximum absolute atomic E-state index is 12.8. The predicted octanol–water partition coefficient (Wildman–Crippen LogP) is 3.27. The monoisotopic (exact) mass is 443 g/mol. The van der Waals surface area contributed by atoms with E-state index in [9.17, 15) is 14.7 Å². The van der Waals surface area contributed by atoms with E-state index in [4.69, 9.17) is 11.4 Å². The van der Waals surface area contributed by atoms with Crippen LogP contribution in [0.25, 0.3) is 0 Å². The first-order valence-electron chi connectivity index (χ1n) is 11.3. The summed E-state index contributed by atoms with van der Waals surface area (Å²) in [7, 11) is 1.72. The molecule has 6 atom stereocenters. The van der Waals surface area contributed by atoms with Gasteiger partial charge in [0.25, 0.3) is 0 Å². The summed E-state index contributed by atoms with van der Waals surface area (Å²) in [5.74, 6) is 2.45. The van der Waals surface area contributed by atoms with Crippen molar-refractivity contribution in [2.24, 2.45) is 29.1 Å². The van der Waals surface area contributed by atoms with Crippen molar-refractivity contribution in [3.8, 4) is 12.3 Å². The second-order valence-electron chi connectivity index (χ2n) is 10.1. The van der Waals surface area contributed by atoms with Crippen molar-refractivity contribution in [3.05, 3.63) is 10.6 Å². The largest absolute Gasteiger partial charge is 0.392 e. The molecule has 0 saturated heterocycles. The summed E-state index contributed by atoms with van der Waals surface area (Å²) < 4.78 is 0. The van der Waals surface area contributed by atoms with Crippen LogP contribution in [0.1, 0.15) is 62.9 Å². The number of aliphatic hydroxyl groups is 1. The summed E-state index contributed by atoms with van der Waals surface area (Å²) in [6.45, 7) is 6.59. The first-order valence-corrected chi connectivity index (χ1v) is 12.1. The minimum absolute atomic E-state index is 0.00603. The minimum Gasteiger partial charge on any atom is -0.392 e. The van der Waals surface area contributed by atoms with E-state index in [1.54, 1.807) is 23.3 Å². The van der Waals surface area contributed by atoms with Crippen molar-refractivity contribution in [3.63, 3.8) is 0 Å². The molecule has 0 aromatic carbocycles. The van der Waals surface area contributed by atoms with Gasteiger partial charge in [0.1, 0.15) is 0 Å². The van der Waals surface area contributed by atoms with Gasteiger partial charge in [-0.05, 0) is 49.4 Å². The van der Waals surface area contributed by atoms with Gasteiger partial charge in [-0.15, -0.1) is 17.8 Å². The first kappa shape index (κ1) is 22.3. The van der Waals surface area contributed by atoms with Gasteiger partial charge in [-0.1, -0.05) is 26.7 Å². The van der Waals surface area contributed by atoms with Gasteiger partial charge >= 0.3 is 0 Å². The number of anilines is 1. The Labute approximate surface area is 188 Å². The molecule has 0 bridgehead atoms. The van der Waals surface area contributed by atoms with E-state index in [-0.39, 0.29) is 53.4 Å². The van der Waals surface area contributed by atoms with Crippen molar-refractivity contribution in [1.29, 1.82) is 0 Å². The Balaban J connectivity index is 1.55. The number of nitrogens with zero attached hydrogens (tertiary/aromatic N) is 2. The molecule has 6 nitrogen and oxygen atoms in total. The fourth-order valence-corrected chi connectivity index (χ4v) is 7.17. The number of carbonyl (C=O) groups excluding carboxylic acids is 2. The second-order valence-corrected chi connectivity index (χ2v) is 11.2. The summed E-state index contributed by atoms with van der Waals surface area (Å²) >= 11 is 1.59. The van der Waals surface area contributed by atoms with Gasteiger partial charge in [0.2, 0.25) is 11.8 Å². The molecule has 2 amide bonds. The zero-order valence-corrected chi connectivity index (χ0v) is 19.7. The maximum Gasteiger partial charge on any atom is 0.229 e. The molecule has 1 aromatic heterocycles. The number of carbonyl (C=O) groups is 2. The number of aliphatic hydroxyl groups excluding tert-OH is 1. The lowest BCUT2D eigenvalue weighted by Crippen LogP contribution is -2.53. The molecule has 0 aliphatic heterocycles. The van der Waals surface area contributed by atoms with E-state index < -0.39 is 6.10 Å². The van der Waals surface area contributed by atoms with Crippen LogP contribution in [0.4, 0.5) is 5.13 Å². The van der Waals surface area contributed by atoms with Gasteiger partial charge in [0.05, 0.1) is 18.3 Å². The van der Waals surface area contributed by atoms with Crippen LogP contribution in [0, 0.1) is 41.4 Å². The third kappa shape index (κ3) is 4.01. The van der Waals surface area contributed by atoms with Crippen LogP contribution in [0.15, 0.2) is 0 Å². The van der Waals surface area contributed by atoms with Gasteiger partial charge in [-0.3, -0.25) is 9.59 Å². The van der Waals surface area contributed by atoms with Gasteiger partial charge < -0.3 is 15.3 Å². The highest BCUT2D eigenvalue weighted by Crippen LogP contribution is 2.57. The summed E-state index contributed by atoms with van der Waals surface area (Å²) in [6.07, 6.45) is 9.36. The molecule has 168 valence electrons. The van der Waals surface area contributed by atoms with E-state index in [0.29, 0.717) is 5.13 Å². The molecule has 6 unspecified atom stereocenters. The lowest BCUT2D eigenvalue weighted by molar-refractivity contribution is -0.142. The molecule has 2 saturated carbocycles. The number of aromatic nitrogens is 1. The Hall–Kier alpha value is -1.91. The highest BCUT2D eigenvalue weighted by atomic mass is 32.1. The Morgan fingerprint density at radius 2 is 2.13 bits per heavy atom. The topological polar surface area (TPSA) is 82.5 Å². The molecule has 0 spiro atoms. The zero-order valence-electron chi connectivity index (χ0n) is 18.9. The number of fused-ring (bicyclic) bond motifs is 2. The number of thiazole rings is 1. The summed E-state index contributed by atoms with van der Waals surface area (Å²) in [5.41, 5.74) is 0.960. The lowest BCUT2D eigenvalue weighted by atomic mass is 9.53. The third-order valence-electron chi connectivity index (χ3n) is 7.84. The Morgan fingerprint density at radius 1 is 1.42 bits per heavy atom. The van der Waals surface area contributed by atoms with Gasteiger partial charge in [-0.25, -0.2) is 4.98 Å². The van der Waals surface area contributed by atoms with Crippen LogP contribution in [-0.4, -0.2) is 46.5 Å². The number of terminal acetylenes is 1. The quantitative estimate of drug-likeness (QED) is 0.685. The maximum atomic E-state index is 12.8. The number of hydrogen-bond donors (Lipinski definition) is 2. The highest BCUT2D eigenvalue weighted by molar-refractivity contribution is 7.15. The standard InChI is InChI=1S/C24H33N3O3S/c1-6-11-27(5)22(30)13(2)16-9-10-24(4)12-17-19(14(3)18(24)20(16)28)25-23(31-17)26-21(29)15-7-8-15/h1,13-16,18,20,28H,7-12H2,2-5H3,(H,25,26,29). The van der Waals surface area contributed by atoms with Gasteiger partial charge in [-0.2, -0.15) is 0 Å². The normalized spacial score (nSPS) is 32.9. The lowest BCUT2D eigenvalue weighted by Gasteiger charge is -2.53. The highest BCUT2D eigenvalue weighted by Gasteiger charge is 2.54. The van der Waals surface area contributed by atoms with Crippen molar-refractivity contribution in [2.75, 3.05) is 18.9 Å². The SMILES string of the molecule is C#CCN(C)C(=O)C(C)C1CCC2(C)Cc3sc(NC(=O)C4CC4)nc3C(C)C2C1O. The van der Waals surface area contributed by atoms with Gasteiger partial charge in [0.15, 0.2) is 5.13 Å². The molecule has 4 rings (SSSR count). The average Bonchev–Trinajstić information content (AvgIpc) is 3.49. The fraction of sp³-hybridized carbons (Fsp3) is 0.708. The molecule has 31 heavy (non-hydrogen) atoms. The van der Waals surface area contributed by atoms with Crippen LogP contribution < -0.4 is 5.32 Å². The van der Waals surface area contributed by atoms with Crippen molar-refractivity contribution >= 4 is 28.3 Å². The van der Waals surface area contributed by atoms with E-state index in [1.165, 1.54) is 4.88 Å². The molecule has 3 aliphatic rings. The van der Waals surface area contributed by atoms with Crippen molar-refractivity contribution < 1.29 is 14.7 Å². The smallest absolute Gasteiger partial charge is 0.229 e. The van der Waals surface area contributed by atoms with Crippen LogP contribution >= 0.6 is 11.3 Å².